The zero-order valence-electron chi connectivity index (χ0n) is 22.0. The van der Waals surface area contributed by atoms with Gasteiger partial charge in [-0.15, -0.1) is 0 Å². The molecule has 4 rings (SSSR count). The lowest BCUT2D eigenvalue weighted by molar-refractivity contribution is -0.144. The summed E-state index contributed by atoms with van der Waals surface area (Å²) in [6.07, 6.45) is -4.68. The predicted molar refractivity (Wildman–Crippen MR) is 140 cm³/mol. The van der Waals surface area contributed by atoms with Gasteiger partial charge in [-0.1, -0.05) is 19.1 Å². The van der Waals surface area contributed by atoms with E-state index < -0.39 is 58.3 Å². The second-order valence-electron chi connectivity index (χ2n) is 9.37. The number of hydrogen-bond acceptors (Lipinski definition) is 5. The summed E-state index contributed by atoms with van der Waals surface area (Å²) >= 11 is 0. The molecule has 2 aromatic carbocycles. The highest BCUT2D eigenvalue weighted by atomic mass is 32.2. The summed E-state index contributed by atoms with van der Waals surface area (Å²) in [7, 11) is -3.46. The van der Waals surface area contributed by atoms with Crippen molar-refractivity contribution < 1.29 is 40.3 Å². The van der Waals surface area contributed by atoms with Crippen LogP contribution in [0.3, 0.4) is 0 Å². The Bertz CT molecular complexity index is 1680. The van der Waals surface area contributed by atoms with E-state index in [1.54, 1.807) is 0 Å². The minimum atomic E-state index is -4.68. The molecule has 14 heteroatoms. The zero-order chi connectivity index (χ0) is 30.1. The van der Waals surface area contributed by atoms with Gasteiger partial charge in [0.2, 0.25) is 0 Å². The van der Waals surface area contributed by atoms with E-state index in [0.29, 0.717) is 5.56 Å². The normalized spacial score (nSPS) is 13.1. The Morgan fingerprint density at radius 3 is 2.39 bits per heavy atom. The third-order valence-corrected chi connectivity index (χ3v) is 8.39. The van der Waals surface area contributed by atoms with Gasteiger partial charge >= 0.3 is 6.18 Å². The number of aliphatic hydroxyl groups excluding tert-OH is 1. The summed E-state index contributed by atoms with van der Waals surface area (Å²) in [4.78, 5) is 13.1. The maximum Gasteiger partial charge on any atom is 0.433 e. The van der Waals surface area contributed by atoms with E-state index in [1.807, 2.05) is 0 Å². The molecule has 0 aliphatic heterocycles. The fourth-order valence-corrected chi connectivity index (χ4v) is 5.47. The molecule has 2 N–H and O–H groups in total. The Balaban J connectivity index is 1.66. The van der Waals surface area contributed by atoms with E-state index in [9.17, 15) is 35.9 Å². The van der Waals surface area contributed by atoms with Crippen LogP contribution in [0.5, 0.6) is 0 Å². The number of carbonyl (C=O) groups is 1. The molecule has 0 spiro atoms. The van der Waals surface area contributed by atoms with Crippen molar-refractivity contribution in [3.8, 4) is 0 Å². The highest BCUT2D eigenvalue weighted by molar-refractivity contribution is 7.91. The van der Waals surface area contributed by atoms with Crippen LogP contribution in [0.1, 0.15) is 46.0 Å². The molecular formula is C27H27F5N4O4S. The Hall–Kier alpha value is -3.78. The minimum Gasteiger partial charge on any atom is -0.394 e. The molecule has 220 valence electrons. The van der Waals surface area contributed by atoms with Gasteiger partial charge in [0, 0.05) is 11.1 Å². The molecule has 0 saturated heterocycles. The number of aryl methyl sites for hydroxylation is 2. The van der Waals surface area contributed by atoms with E-state index in [-0.39, 0.29) is 46.0 Å². The number of halogens is 5. The van der Waals surface area contributed by atoms with Crippen molar-refractivity contribution in [3.63, 3.8) is 0 Å². The van der Waals surface area contributed by atoms with Gasteiger partial charge < -0.3 is 15.0 Å². The van der Waals surface area contributed by atoms with Crippen molar-refractivity contribution in [1.82, 2.24) is 19.7 Å². The number of aromatic nitrogens is 3. The first-order valence-corrected chi connectivity index (χ1v) is 14.2. The molecule has 2 heterocycles. The molecule has 41 heavy (non-hydrogen) atoms. The molecule has 2 aromatic heterocycles. The van der Waals surface area contributed by atoms with E-state index in [1.165, 1.54) is 54.8 Å². The number of carbonyl (C=O) groups excluding carboxylic acids is 1. The van der Waals surface area contributed by atoms with Gasteiger partial charge in [0.05, 0.1) is 53.2 Å². The van der Waals surface area contributed by atoms with Gasteiger partial charge in [-0.3, -0.25) is 9.48 Å². The summed E-state index contributed by atoms with van der Waals surface area (Å²) in [5, 5.41) is 16.5. The van der Waals surface area contributed by atoms with E-state index in [4.69, 9.17) is 0 Å². The van der Waals surface area contributed by atoms with Gasteiger partial charge in [0.15, 0.2) is 9.84 Å². The maximum atomic E-state index is 15.2. The number of alkyl halides is 4. The lowest BCUT2D eigenvalue weighted by atomic mass is 10.1. The number of aliphatic hydroxyl groups is 1. The fourth-order valence-electron chi connectivity index (χ4n) is 4.59. The number of nitrogens with one attached hydrogen (secondary N) is 1. The highest BCUT2D eigenvalue weighted by Crippen LogP contribution is 2.31. The molecule has 0 aliphatic rings. The summed E-state index contributed by atoms with van der Waals surface area (Å²) in [5.41, 5.74) is -0.488. The fraction of sp³-hybridized carbons (Fsp3) is 0.333. The van der Waals surface area contributed by atoms with Gasteiger partial charge in [0.1, 0.15) is 18.2 Å². The Morgan fingerprint density at radius 1 is 1.12 bits per heavy atom. The summed E-state index contributed by atoms with van der Waals surface area (Å²) in [6, 6.07) is 9.08. The number of rotatable bonds is 10. The van der Waals surface area contributed by atoms with E-state index in [0.717, 1.165) is 16.8 Å². The van der Waals surface area contributed by atoms with E-state index >= 15 is 4.39 Å². The van der Waals surface area contributed by atoms with Crippen LogP contribution < -0.4 is 5.32 Å². The molecular weight excluding hydrogens is 571 g/mol. The lowest BCUT2D eigenvalue weighted by Crippen LogP contribution is -2.31. The van der Waals surface area contributed by atoms with Crippen molar-refractivity contribution in [2.75, 3.05) is 19.0 Å². The second kappa shape index (κ2) is 11.6. The summed E-state index contributed by atoms with van der Waals surface area (Å²) in [6.45, 7) is 0.819. The van der Waals surface area contributed by atoms with Crippen LogP contribution in [0.25, 0.3) is 10.9 Å². The SMILES string of the molecule is CCS(=O)(=O)c1ccc(C(CO)NC(=O)c2cc3cc(Cn4nc(C)cc4C(F)(F)F)n(CCF)c3cc2F)cc1. The van der Waals surface area contributed by atoms with Crippen molar-refractivity contribution >= 4 is 26.6 Å². The number of hydrogen-bond donors (Lipinski definition) is 2. The van der Waals surface area contributed by atoms with Gasteiger partial charge in [0.25, 0.3) is 5.91 Å². The highest BCUT2D eigenvalue weighted by Gasteiger charge is 2.35. The minimum absolute atomic E-state index is 0.0736. The number of sulfone groups is 1. The van der Waals surface area contributed by atoms with Gasteiger partial charge in [-0.25, -0.2) is 17.2 Å². The number of benzene rings is 2. The number of nitrogens with zero attached hydrogens (tertiary/aromatic N) is 3. The maximum absolute atomic E-state index is 15.2. The Labute approximate surface area is 232 Å². The van der Waals surface area contributed by atoms with Crippen LogP contribution in [-0.2, 0) is 29.1 Å². The molecule has 1 atom stereocenters. The van der Waals surface area contributed by atoms with Crippen LogP contribution >= 0.6 is 0 Å². The molecule has 8 nitrogen and oxygen atoms in total. The molecule has 1 unspecified atom stereocenters. The molecule has 0 aliphatic carbocycles. The van der Waals surface area contributed by atoms with E-state index in [2.05, 4.69) is 10.4 Å². The third-order valence-electron chi connectivity index (χ3n) is 6.64. The topological polar surface area (TPSA) is 106 Å². The average molecular weight is 599 g/mol. The standard InChI is InChI=1S/C27H27F5N4O4S/c1-3-41(39,40)20-6-4-17(5-7-20)23(15-37)33-26(38)21-12-18-11-19(35(9-8-28)24(18)13-22(21)29)14-36-25(27(30,31)32)10-16(2)34-36/h4-7,10-13,23,37H,3,8-9,14-15H2,1-2H3,(H,33,38). The van der Waals surface area contributed by atoms with Crippen molar-refractivity contribution in [3.05, 3.63) is 82.6 Å². The molecule has 4 aromatic rings. The van der Waals surface area contributed by atoms with Crippen LogP contribution in [0, 0.1) is 12.7 Å². The summed E-state index contributed by atoms with van der Waals surface area (Å²) in [5.74, 6) is -1.96. The van der Waals surface area contributed by atoms with Crippen LogP contribution in [0.4, 0.5) is 22.0 Å². The van der Waals surface area contributed by atoms with Gasteiger partial charge in [-0.05, 0) is 48.9 Å². The average Bonchev–Trinajstić information content (AvgIpc) is 3.46. The van der Waals surface area contributed by atoms with Crippen molar-refractivity contribution in [2.24, 2.45) is 0 Å². The molecule has 0 radical (unpaired) electrons. The largest absolute Gasteiger partial charge is 0.433 e. The molecule has 1 amide bonds. The third kappa shape index (κ3) is 6.27. The molecule has 0 bridgehead atoms. The zero-order valence-corrected chi connectivity index (χ0v) is 22.9. The number of amides is 1. The van der Waals surface area contributed by atoms with Crippen LogP contribution in [-0.4, -0.2) is 52.8 Å². The quantitative estimate of drug-likeness (QED) is 0.260. The van der Waals surface area contributed by atoms with Crippen LogP contribution in [0.15, 0.2) is 53.4 Å². The number of fused-ring (bicyclic) bond motifs is 1. The smallest absolute Gasteiger partial charge is 0.394 e. The lowest BCUT2D eigenvalue weighted by Gasteiger charge is -2.18. The van der Waals surface area contributed by atoms with Gasteiger partial charge in [-0.2, -0.15) is 18.3 Å². The first-order valence-electron chi connectivity index (χ1n) is 12.5. The van der Waals surface area contributed by atoms with Crippen molar-refractivity contribution in [1.29, 1.82) is 0 Å². The molecule has 0 fully saturated rings. The summed E-state index contributed by atoms with van der Waals surface area (Å²) < 4.78 is 95.2. The molecule has 0 saturated carbocycles. The Kier molecular flexibility index (Phi) is 8.54. The van der Waals surface area contributed by atoms with Crippen LogP contribution in [0.2, 0.25) is 0 Å². The first-order chi connectivity index (χ1) is 19.3. The monoisotopic (exact) mass is 598 g/mol. The second-order valence-corrected chi connectivity index (χ2v) is 11.7. The van der Waals surface area contributed by atoms with Crippen molar-refractivity contribution in [2.45, 2.75) is 44.1 Å². The first kappa shape index (κ1) is 30.2. The Morgan fingerprint density at radius 2 is 1.80 bits per heavy atom. The predicted octanol–water partition coefficient (Wildman–Crippen LogP) is 4.58.